The second-order valence-corrected chi connectivity index (χ2v) is 8.49. The van der Waals surface area contributed by atoms with Crippen molar-refractivity contribution in [3.63, 3.8) is 0 Å². The number of esters is 1. The molecule has 2 aromatic heterocycles. The largest absolute Gasteiger partial charge is 0.497 e. The van der Waals surface area contributed by atoms with Crippen molar-refractivity contribution in [2.45, 2.75) is 39.2 Å². The number of benzene rings is 1. The van der Waals surface area contributed by atoms with E-state index in [0.29, 0.717) is 21.7 Å². The molecule has 1 aromatic carbocycles. The van der Waals surface area contributed by atoms with Gasteiger partial charge in [-0.1, -0.05) is 0 Å². The van der Waals surface area contributed by atoms with Gasteiger partial charge >= 0.3 is 5.97 Å². The first-order valence-corrected chi connectivity index (χ1v) is 11.1. The van der Waals surface area contributed by atoms with E-state index in [-0.39, 0.29) is 24.6 Å². The Morgan fingerprint density at radius 2 is 2.00 bits per heavy atom. The molecular weight excluding hydrogens is 416 g/mol. The number of hydrogen-bond acceptors (Lipinski definition) is 6. The number of thiophene rings is 1. The normalized spacial score (nSPS) is 13.0. The number of aromatic nitrogens is 1. The zero-order chi connectivity index (χ0) is 22.0. The lowest BCUT2D eigenvalue weighted by molar-refractivity contribution is -0.116. The van der Waals surface area contributed by atoms with Crippen molar-refractivity contribution in [2.75, 3.05) is 19.0 Å². The Hall–Kier alpha value is -3.13. The predicted molar refractivity (Wildman–Crippen MR) is 120 cm³/mol. The summed E-state index contributed by atoms with van der Waals surface area (Å²) >= 11 is 1.43. The number of amides is 1. The molecule has 1 aliphatic carbocycles. The SMILES string of the molecule is CCOC(=O)c1c(NC(=O)Cn2ccc3cc(OC)ccc3c2=O)sc2c1CCCC2. The fraction of sp³-hybridized carbons (Fsp3) is 0.348. The van der Waals surface area contributed by atoms with Gasteiger partial charge in [0.25, 0.3) is 5.56 Å². The molecule has 0 aliphatic heterocycles. The van der Waals surface area contributed by atoms with Crippen LogP contribution in [0.3, 0.4) is 0 Å². The number of anilines is 1. The first-order chi connectivity index (χ1) is 15.0. The van der Waals surface area contributed by atoms with Gasteiger partial charge < -0.3 is 19.4 Å². The fourth-order valence-electron chi connectivity index (χ4n) is 3.91. The summed E-state index contributed by atoms with van der Waals surface area (Å²) in [4.78, 5) is 39.3. The van der Waals surface area contributed by atoms with Crippen molar-refractivity contribution in [1.82, 2.24) is 4.57 Å². The van der Waals surface area contributed by atoms with Crippen LogP contribution in [0.2, 0.25) is 0 Å². The molecule has 7 nitrogen and oxygen atoms in total. The maximum Gasteiger partial charge on any atom is 0.341 e. The third-order valence-electron chi connectivity index (χ3n) is 5.40. The van der Waals surface area contributed by atoms with Crippen molar-refractivity contribution in [3.8, 4) is 5.75 Å². The monoisotopic (exact) mass is 440 g/mol. The van der Waals surface area contributed by atoms with Gasteiger partial charge in [-0.3, -0.25) is 9.59 Å². The number of methoxy groups -OCH3 is 1. The molecule has 0 unspecified atom stereocenters. The van der Waals surface area contributed by atoms with Crippen molar-refractivity contribution < 1.29 is 19.1 Å². The number of fused-ring (bicyclic) bond motifs is 2. The molecule has 1 aliphatic rings. The molecule has 0 radical (unpaired) electrons. The summed E-state index contributed by atoms with van der Waals surface area (Å²) in [6, 6.07) is 6.97. The Labute approximate surface area is 183 Å². The van der Waals surface area contributed by atoms with Crippen molar-refractivity contribution in [3.05, 3.63) is 56.8 Å². The Morgan fingerprint density at radius 3 is 2.77 bits per heavy atom. The van der Waals surface area contributed by atoms with E-state index >= 15 is 0 Å². The third-order valence-corrected chi connectivity index (χ3v) is 6.61. The number of pyridine rings is 1. The van der Waals surface area contributed by atoms with Gasteiger partial charge in [-0.2, -0.15) is 0 Å². The summed E-state index contributed by atoms with van der Waals surface area (Å²) < 4.78 is 11.8. The zero-order valence-electron chi connectivity index (χ0n) is 17.5. The summed E-state index contributed by atoms with van der Waals surface area (Å²) in [5.41, 5.74) is 1.20. The smallest absolute Gasteiger partial charge is 0.341 e. The summed E-state index contributed by atoms with van der Waals surface area (Å²) in [6.07, 6.45) is 5.38. The van der Waals surface area contributed by atoms with Gasteiger partial charge in [-0.15, -0.1) is 11.3 Å². The molecule has 1 N–H and O–H groups in total. The molecule has 31 heavy (non-hydrogen) atoms. The minimum Gasteiger partial charge on any atom is -0.497 e. The first kappa shape index (κ1) is 21.1. The highest BCUT2D eigenvalue weighted by Crippen LogP contribution is 2.38. The molecule has 0 saturated carbocycles. The Kier molecular flexibility index (Phi) is 6.08. The van der Waals surface area contributed by atoms with Crippen LogP contribution in [0, 0.1) is 0 Å². The van der Waals surface area contributed by atoms with Gasteiger partial charge in [0.1, 0.15) is 17.3 Å². The van der Waals surface area contributed by atoms with Crippen LogP contribution >= 0.6 is 11.3 Å². The second kappa shape index (κ2) is 8.93. The van der Waals surface area contributed by atoms with Gasteiger partial charge in [0.2, 0.25) is 5.91 Å². The van der Waals surface area contributed by atoms with Crippen LogP contribution in [0.15, 0.2) is 35.3 Å². The second-order valence-electron chi connectivity index (χ2n) is 7.39. The molecule has 0 spiro atoms. The van der Waals surface area contributed by atoms with Crippen LogP contribution in [0.5, 0.6) is 5.75 Å². The molecule has 0 fully saturated rings. The van der Waals surface area contributed by atoms with Crippen LogP contribution < -0.4 is 15.6 Å². The van der Waals surface area contributed by atoms with Gasteiger partial charge in [0.15, 0.2) is 0 Å². The number of nitrogens with zero attached hydrogens (tertiary/aromatic N) is 1. The molecule has 1 amide bonds. The van der Waals surface area contributed by atoms with Gasteiger partial charge in [-0.05, 0) is 67.8 Å². The van der Waals surface area contributed by atoms with Crippen LogP contribution in [0.25, 0.3) is 10.8 Å². The fourth-order valence-corrected chi connectivity index (χ4v) is 5.21. The van der Waals surface area contributed by atoms with Crippen LogP contribution in [0.4, 0.5) is 5.00 Å². The third kappa shape index (κ3) is 4.20. The Morgan fingerprint density at radius 1 is 1.19 bits per heavy atom. The highest BCUT2D eigenvalue weighted by atomic mass is 32.1. The topological polar surface area (TPSA) is 86.6 Å². The average molecular weight is 441 g/mol. The average Bonchev–Trinajstić information content (AvgIpc) is 3.13. The number of hydrogen-bond donors (Lipinski definition) is 1. The lowest BCUT2D eigenvalue weighted by atomic mass is 9.95. The number of nitrogens with one attached hydrogen (secondary N) is 1. The summed E-state index contributed by atoms with van der Waals surface area (Å²) in [6.45, 7) is 1.89. The summed E-state index contributed by atoms with van der Waals surface area (Å²) in [5.74, 6) is -0.108. The van der Waals surface area contributed by atoms with Crippen LogP contribution in [-0.2, 0) is 28.9 Å². The Bertz CT molecular complexity index is 1210. The number of carbonyl (C=O) groups excluding carboxylic acids is 2. The lowest BCUT2D eigenvalue weighted by Gasteiger charge is -2.12. The molecule has 2 heterocycles. The molecular formula is C23H24N2O5S. The maximum absolute atomic E-state index is 12.8. The molecule has 0 atom stereocenters. The lowest BCUT2D eigenvalue weighted by Crippen LogP contribution is -2.27. The minimum atomic E-state index is -0.408. The van der Waals surface area contributed by atoms with Gasteiger partial charge in [0, 0.05) is 16.5 Å². The van der Waals surface area contributed by atoms with E-state index in [1.165, 1.54) is 15.9 Å². The minimum absolute atomic E-state index is 0.147. The predicted octanol–water partition coefficient (Wildman–Crippen LogP) is 3.77. The van der Waals surface area contributed by atoms with Crippen LogP contribution in [0.1, 0.15) is 40.6 Å². The molecule has 0 bridgehead atoms. The zero-order valence-corrected chi connectivity index (χ0v) is 18.3. The van der Waals surface area contributed by atoms with Gasteiger partial charge in [-0.25, -0.2) is 4.79 Å². The number of rotatable bonds is 6. The van der Waals surface area contributed by atoms with E-state index < -0.39 is 5.97 Å². The van der Waals surface area contributed by atoms with E-state index in [1.807, 2.05) is 0 Å². The maximum atomic E-state index is 12.8. The van der Waals surface area contributed by atoms with E-state index in [0.717, 1.165) is 41.5 Å². The van der Waals surface area contributed by atoms with E-state index in [9.17, 15) is 14.4 Å². The quantitative estimate of drug-likeness (QED) is 0.590. The van der Waals surface area contributed by atoms with Gasteiger partial charge in [0.05, 0.1) is 19.3 Å². The number of aryl methyl sites for hydroxylation is 1. The van der Waals surface area contributed by atoms with E-state index in [1.54, 1.807) is 44.5 Å². The van der Waals surface area contributed by atoms with Crippen molar-refractivity contribution >= 4 is 39.0 Å². The summed E-state index contributed by atoms with van der Waals surface area (Å²) in [5, 5.41) is 4.61. The number of carbonyl (C=O) groups is 2. The van der Waals surface area contributed by atoms with E-state index in [2.05, 4.69) is 5.32 Å². The molecule has 4 rings (SSSR count). The van der Waals surface area contributed by atoms with Crippen molar-refractivity contribution in [1.29, 1.82) is 0 Å². The molecule has 0 saturated heterocycles. The first-order valence-electron chi connectivity index (χ1n) is 10.3. The molecule has 3 aromatic rings. The molecule has 8 heteroatoms. The highest BCUT2D eigenvalue weighted by Gasteiger charge is 2.27. The standard InChI is InChI=1S/C23H24N2O5S/c1-3-30-23(28)20-17-6-4-5-7-18(17)31-21(20)24-19(26)13-25-11-10-14-12-15(29-2)8-9-16(14)22(25)27/h8-12H,3-7,13H2,1-2H3,(H,24,26). The Balaban J connectivity index is 1.59. The highest BCUT2D eigenvalue weighted by molar-refractivity contribution is 7.17. The number of ether oxygens (including phenoxy) is 2. The van der Waals surface area contributed by atoms with Crippen LogP contribution in [-0.4, -0.2) is 30.2 Å². The molecule has 162 valence electrons. The van der Waals surface area contributed by atoms with Crippen molar-refractivity contribution in [2.24, 2.45) is 0 Å². The van der Waals surface area contributed by atoms with E-state index in [4.69, 9.17) is 9.47 Å². The summed E-state index contributed by atoms with van der Waals surface area (Å²) in [7, 11) is 1.57.